The molecule has 0 bridgehead atoms. The summed E-state index contributed by atoms with van der Waals surface area (Å²) in [5.41, 5.74) is -3.32. The Morgan fingerprint density at radius 2 is 1.81 bits per heavy atom. The van der Waals surface area contributed by atoms with Crippen LogP contribution >= 0.6 is 0 Å². The van der Waals surface area contributed by atoms with Gasteiger partial charge in [0.05, 0.1) is 0 Å². The molecule has 1 aliphatic rings. The van der Waals surface area contributed by atoms with Crippen molar-refractivity contribution in [2.75, 3.05) is 0 Å². The molecule has 1 fully saturated rings. The average Bonchev–Trinajstić information content (AvgIpc) is 2.45. The second-order valence-electron chi connectivity index (χ2n) is 5.58. The number of carbonyl (C=O) groups excluding carboxylic acids is 1. The second kappa shape index (κ2) is 3.72. The minimum Gasteiger partial charge on any atom is -0.380 e. The largest absolute Gasteiger partial charge is 0.417 e. The fraction of sp³-hybridized carbons (Fsp3) is 0.909. The van der Waals surface area contributed by atoms with Gasteiger partial charge in [0.2, 0.25) is 0 Å². The van der Waals surface area contributed by atoms with Gasteiger partial charge in [-0.15, -0.1) is 0 Å². The highest BCUT2D eigenvalue weighted by Gasteiger charge is 2.58. The predicted molar refractivity (Wildman–Crippen MR) is 52.8 cm³/mol. The van der Waals surface area contributed by atoms with Crippen LogP contribution in [0.2, 0.25) is 0 Å². The van der Waals surface area contributed by atoms with Crippen molar-refractivity contribution in [3.05, 3.63) is 0 Å². The zero-order chi connectivity index (χ0) is 12.8. The number of Topliss-reactive ketones (excluding diaryl/α,β-unsaturated/α-hetero) is 1. The first-order valence-corrected chi connectivity index (χ1v) is 5.31. The van der Waals surface area contributed by atoms with Gasteiger partial charge in [-0.3, -0.25) is 4.79 Å². The molecular formula is C11H17F3O2. The molecule has 0 aliphatic heterocycles. The molecule has 0 heterocycles. The normalized spacial score (nSPS) is 31.8. The third kappa shape index (κ3) is 2.39. The molecular weight excluding hydrogens is 221 g/mol. The highest BCUT2D eigenvalue weighted by atomic mass is 19.4. The summed E-state index contributed by atoms with van der Waals surface area (Å²) in [5.74, 6) is -0.876. The lowest BCUT2D eigenvalue weighted by Crippen LogP contribution is -2.43. The molecule has 2 unspecified atom stereocenters. The SMILES string of the molecule is CC(C)(C)C(=O)C1CCC(O)(C(F)(F)F)C1. The molecule has 94 valence electrons. The van der Waals surface area contributed by atoms with Crippen LogP contribution in [0.15, 0.2) is 0 Å². The molecule has 2 nitrogen and oxygen atoms in total. The van der Waals surface area contributed by atoms with E-state index in [9.17, 15) is 23.1 Å². The van der Waals surface area contributed by atoms with Gasteiger partial charge in [0.1, 0.15) is 5.78 Å². The third-order valence-corrected chi connectivity index (χ3v) is 3.13. The lowest BCUT2D eigenvalue weighted by atomic mass is 9.81. The van der Waals surface area contributed by atoms with E-state index in [-0.39, 0.29) is 18.6 Å². The van der Waals surface area contributed by atoms with E-state index in [1.54, 1.807) is 20.8 Å². The van der Waals surface area contributed by atoms with Crippen LogP contribution in [0.5, 0.6) is 0 Å². The minimum absolute atomic E-state index is 0.117. The van der Waals surface area contributed by atoms with Crippen LogP contribution in [0.3, 0.4) is 0 Å². The Kier molecular flexibility index (Phi) is 3.14. The quantitative estimate of drug-likeness (QED) is 0.762. The summed E-state index contributed by atoms with van der Waals surface area (Å²) in [6.07, 6.45) is -5.39. The van der Waals surface area contributed by atoms with E-state index in [0.29, 0.717) is 0 Å². The van der Waals surface area contributed by atoms with Gasteiger partial charge >= 0.3 is 6.18 Å². The molecule has 0 amide bonds. The lowest BCUT2D eigenvalue weighted by Gasteiger charge is -2.27. The number of aliphatic hydroxyl groups is 1. The summed E-state index contributed by atoms with van der Waals surface area (Å²) in [4.78, 5) is 11.8. The topological polar surface area (TPSA) is 37.3 Å². The maximum atomic E-state index is 12.5. The van der Waals surface area contributed by atoms with Crippen LogP contribution in [-0.2, 0) is 4.79 Å². The van der Waals surface area contributed by atoms with Gasteiger partial charge in [-0.2, -0.15) is 13.2 Å². The summed E-state index contributed by atoms with van der Waals surface area (Å²) in [7, 11) is 0. The highest BCUT2D eigenvalue weighted by molar-refractivity contribution is 5.86. The van der Waals surface area contributed by atoms with Crippen LogP contribution in [0, 0.1) is 11.3 Å². The van der Waals surface area contributed by atoms with E-state index >= 15 is 0 Å². The van der Waals surface area contributed by atoms with Crippen LogP contribution in [-0.4, -0.2) is 22.7 Å². The number of hydrogen-bond acceptors (Lipinski definition) is 2. The van der Waals surface area contributed by atoms with Crippen molar-refractivity contribution >= 4 is 5.78 Å². The molecule has 0 aromatic heterocycles. The Balaban J connectivity index is 2.77. The molecule has 0 aromatic carbocycles. The maximum absolute atomic E-state index is 12.5. The second-order valence-corrected chi connectivity index (χ2v) is 5.58. The van der Waals surface area contributed by atoms with Crippen molar-refractivity contribution in [2.24, 2.45) is 11.3 Å². The van der Waals surface area contributed by atoms with E-state index in [1.165, 1.54) is 0 Å². The van der Waals surface area contributed by atoms with Crippen LogP contribution in [0.4, 0.5) is 13.2 Å². The number of carbonyl (C=O) groups is 1. The number of rotatable bonds is 1. The van der Waals surface area contributed by atoms with Gasteiger partial charge < -0.3 is 5.11 Å². The van der Waals surface area contributed by atoms with Crippen molar-refractivity contribution in [3.8, 4) is 0 Å². The van der Waals surface area contributed by atoms with E-state index in [2.05, 4.69) is 0 Å². The molecule has 1 N–H and O–H groups in total. The zero-order valence-electron chi connectivity index (χ0n) is 9.69. The molecule has 16 heavy (non-hydrogen) atoms. The van der Waals surface area contributed by atoms with Crippen LogP contribution < -0.4 is 0 Å². The molecule has 0 radical (unpaired) electrons. The summed E-state index contributed by atoms with van der Waals surface area (Å²) < 4.78 is 37.6. The standard InChI is InChI=1S/C11H17F3O2/c1-9(2,3)8(15)7-4-5-10(16,6-7)11(12,13)14/h7,16H,4-6H2,1-3H3. The number of ketones is 1. The number of hydrogen-bond donors (Lipinski definition) is 1. The van der Waals surface area contributed by atoms with Gasteiger partial charge in [-0.25, -0.2) is 0 Å². The Bertz CT molecular complexity index is 291. The molecule has 0 spiro atoms. The molecule has 1 saturated carbocycles. The smallest absolute Gasteiger partial charge is 0.380 e. The van der Waals surface area contributed by atoms with Gasteiger partial charge in [0, 0.05) is 11.3 Å². The Morgan fingerprint density at radius 1 is 1.31 bits per heavy atom. The summed E-state index contributed by atoms with van der Waals surface area (Å²) in [6, 6.07) is 0. The summed E-state index contributed by atoms with van der Waals surface area (Å²) in [6.45, 7) is 5.04. The fourth-order valence-corrected chi connectivity index (χ4v) is 2.12. The van der Waals surface area contributed by atoms with E-state index in [4.69, 9.17) is 0 Å². The number of halogens is 3. The average molecular weight is 238 g/mol. The molecule has 5 heteroatoms. The molecule has 1 rings (SSSR count). The van der Waals surface area contributed by atoms with Crippen molar-refractivity contribution in [2.45, 2.75) is 51.8 Å². The highest BCUT2D eigenvalue weighted by Crippen LogP contribution is 2.47. The molecule has 0 saturated heterocycles. The Morgan fingerprint density at radius 3 is 2.12 bits per heavy atom. The summed E-state index contributed by atoms with van der Waals surface area (Å²) >= 11 is 0. The monoisotopic (exact) mass is 238 g/mol. The van der Waals surface area contributed by atoms with Gasteiger partial charge in [-0.1, -0.05) is 20.8 Å². The van der Waals surface area contributed by atoms with Crippen LogP contribution in [0.1, 0.15) is 40.0 Å². The van der Waals surface area contributed by atoms with Crippen LogP contribution in [0.25, 0.3) is 0 Å². The summed E-state index contributed by atoms with van der Waals surface area (Å²) in [5, 5.41) is 9.44. The van der Waals surface area contributed by atoms with E-state index < -0.39 is 29.5 Å². The van der Waals surface area contributed by atoms with Crippen molar-refractivity contribution < 1.29 is 23.1 Å². The Hall–Kier alpha value is -0.580. The van der Waals surface area contributed by atoms with Crippen molar-refractivity contribution in [1.29, 1.82) is 0 Å². The molecule has 1 aliphatic carbocycles. The zero-order valence-corrected chi connectivity index (χ0v) is 9.69. The van der Waals surface area contributed by atoms with E-state index in [1.807, 2.05) is 0 Å². The lowest BCUT2D eigenvalue weighted by molar-refractivity contribution is -0.257. The third-order valence-electron chi connectivity index (χ3n) is 3.13. The molecule has 2 atom stereocenters. The predicted octanol–water partition coefficient (Wildman–Crippen LogP) is 2.70. The van der Waals surface area contributed by atoms with Crippen molar-refractivity contribution in [3.63, 3.8) is 0 Å². The first kappa shape index (κ1) is 13.5. The van der Waals surface area contributed by atoms with Crippen molar-refractivity contribution in [1.82, 2.24) is 0 Å². The van der Waals surface area contributed by atoms with Gasteiger partial charge in [0.25, 0.3) is 0 Å². The maximum Gasteiger partial charge on any atom is 0.417 e. The molecule has 0 aromatic rings. The van der Waals surface area contributed by atoms with Gasteiger partial charge in [0.15, 0.2) is 5.60 Å². The first-order valence-electron chi connectivity index (χ1n) is 5.31. The van der Waals surface area contributed by atoms with Gasteiger partial charge in [-0.05, 0) is 19.3 Å². The number of alkyl halides is 3. The fourth-order valence-electron chi connectivity index (χ4n) is 2.12. The van der Waals surface area contributed by atoms with E-state index in [0.717, 1.165) is 0 Å². The Labute approximate surface area is 92.8 Å². The first-order chi connectivity index (χ1) is 6.97. The minimum atomic E-state index is -4.64.